The molecule has 1 saturated heterocycles. The van der Waals surface area contributed by atoms with Crippen molar-refractivity contribution in [2.24, 2.45) is 5.92 Å². The molecule has 3 N–H and O–H groups in total. The number of nitrogens with zero attached hydrogens (tertiary/aromatic N) is 5. The van der Waals surface area contributed by atoms with E-state index in [-0.39, 0.29) is 0 Å². The van der Waals surface area contributed by atoms with E-state index in [0.29, 0.717) is 35.1 Å². The molecule has 4 heterocycles. The number of aromatic nitrogens is 5. The number of hydrogen-bond acceptors (Lipinski definition) is 7. The van der Waals surface area contributed by atoms with Gasteiger partial charge in [-0.1, -0.05) is 0 Å². The minimum absolute atomic E-state index is 0.395. The lowest BCUT2D eigenvalue weighted by Gasteiger charge is -2.22. The second kappa shape index (κ2) is 6.77. The average Bonchev–Trinajstić information content (AvgIpc) is 3.18. The normalized spacial score (nSPS) is 18.1. The van der Waals surface area contributed by atoms with Crippen LogP contribution >= 0.6 is 0 Å². The van der Waals surface area contributed by atoms with Gasteiger partial charge in [-0.05, 0) is 50.8 Å². The lowest BCUT2D eigenvalue weighted by molar-refractivity contribution is 0.343. The quantitative estimate of drug-likeness (QED) is 0.715. The van der Waals surface area contributed by atoms with Gasteiger partial charge >= 0.3 is 0 Å². The number of rotatable bonds is 5. The highest BCUT2D eigenvalue weighted by molar-refractivity contribution is 5.74. The van der Waals surface area contributed by atoms with Crippen molar-refractivity contribution in [3.63, 3.8) is 0 Å². The number of piperidine rings is 1. The van der Waals surface area contributed by atoms with Crippen molar-refractivity contribution >= 4 is 5.82 Å². The molecule has 1 aliphatic heterocycles. The molecule has 0 atom stereocenters. The van der Waals surface area contributed by atoms with Crippen molar-refractivity contribution in [3.8, 4) is 22.6 Å². The maximum Gasteiger partial charge on any atom is 0.251 e. The maximum absolute atomic E-state index is 6.08. The van der Waals surface area contributed by atoms with Gasteiger partial charge in [0.1, 0.15) is 5.82 Å². The number of nitrogens with two attached hydrogens (primary N) is 1. The summed E-state index contributed by atoms with van der Waals surface area (Å²) >= 11 is 0. The van der Waals surface area contributed by atoms with E-state index in [1.165, 1.54) is 12.8 Å². The summed E-state index contributed by atoms with van der Waals surface area (Å²) in [6.45, 7) is 2.07. The number of hydrogen-bond donors (Lipinski definition) is 2. The third kappa shape index (κ3) is 3.44. The molecule has 5 rings (SSSR count). The van der Waals surface area contributed by atoms with Crippen molar-refractivity contribution in [2.75, 3.05) is 18.8 Å². The third-order valence-electron chi connectivity index (χ3n) is 5.39. The van der Waals surface area contributed by atoms with E-state index in [1.54, 1.807) is 6.20 Å². The molecule has 0 amide bonds. The first kappa shape index (κ1) is 16.4. The highest BCUT2D eigenvalue weighted by Crippen LogP contribution is 2.34. The molecule has 2 fully saturated rings. The number of nitrogen functional groups attached to an aromatic ring is 1. The molecule has 0 spiro atoms. The molecule has 3 aromatic rings. The highest BCUT2D eigenvalue weighted by atomic mass is 16.4. The Hall–Kier alpha value is -2.74. The molecule has 1 saturated carbocycles. The molecule has 8 heteroatoms. The Bertz CT molecular complexity index is 937. The van der Waals surface area contributed by atoms with Gasteiger partial charge in [0.05, 0.1) is 17.8 Å². The number of pyridine rings is 1. The van der Waals surface area contributed by atoms with E-state index in [1.807, 2.05) is 12.3 Å². The Morgan fingerprint density at radius 3 is 2.78 bits per heavy atom. The topological polar surface area (TPSA) is 108 Å². The first-order valence-electron chi connectivity index (χ1n) is 9.60. The molecule has 0 aromatic carbocycles. The Labute approximate surface area is 157 Å². The van der Waals surface area contributed by atoms with E-state index in [4.69, 9.17) is 10.2 Å². The van der Waals surface area contributed by atoms with Crippen LogP contribution in [0.15, 0.2) is 29.1 Å². The van der Waals surface area contributed by atoms with Crippen LogP contribution in [0.25, 0.3) is 22.6 Å². The van der Waals surface area contributed by atoms with Crippen LogP contribution in [0.1, 0.15) is 37.6 Å². The van der Waals surface area contributed by atoms with Crippen molar-refractivity contribution in [3.05, 3.63) is 30.5 Å². The molecule has 0 bridgehead atoms. The summed E-state index contributed by atoms with van der Waals surface area (Å²) in [6, 6.07) is 2.41. The van der Waals surface area contributed by atoms with Gasteiger partial charge in [-0.2, -0.15) is 5.10 Å². The molecular weight excluding hydrogens is 342 g/mol. The zero-order valence-electron chi connectivity index (χ0n) is 15.1. The Balaban J connectivity index is 1.41. The molecule has 0 unspecified atom stereocenters. The van der Waals surface area contributed by atoms with Crippen molar-refractivity contribution < 1.29 is 4.42 Å². The van der Waals surface area contributed by atoms with Crippen molar-refractivity contribution in [1.82, 2.24) is 30.3 Å². The molecule has 2 aliphatic rings. The van der Waals surface area contributed by atoms with Crippen LogP contribution in [0.5, 0.6) is 0 Å². The minimum Gasteiger partial charge on any atom is -0.421 e. The molecule has 8 nitrogen and oxygen atoms in total. The first-order chi connectivity index (χ1) is 13.3. The summed E-state index contributed by atoms with van der Waals surface area (Å²) in [5, 5.41) is 16.3. The summed E-state index contributed by atoms with van der Waals surface area (Å²) in [5.41, 5.74) is 8.71. The van der Waals surface area contributed by atoms with E-state index in [2.05, 4.69) is 36.5 Å². The van der Waals surface area contributed by atoms with Gasteiger partial charge in [0, 0.05) is 29.9 Å². The van der Waals surface area contributed by atoms with Gasteiger partial charge in [-0.25, -0.2) is 4.98 Å². The summed E-state index contributed by atoms with van der Waals surface area (Å²) in [6.07, 6.45) is 11.3. The zero-order chi connectivity index (χ0) is 18.2. The molecule has 27 heavy (non-hydrogen) atoms. The monoisotopic (exact) mass is 365 g/mol. The molecule has 3 aromatic heterocycles. The number of nitrogens with one attached hydrogen (secondary N) is 1. The lowest BCUT2D eigenvalue weighted by Crippen LogP contribution is -2.29. The number of anilines is 1. The molecule has 0 radical (unpaired) electrons. The smallest absolute Gasteiger partial charge is 0.251 e. The standard InChI is InChI=1S/C19H23N7O/c20-18-16(19-25-24-17(27-19)7-12-1-2-12)8-13(9-22-18)14-10-23-26(11-14)15-3-5-21-6-4-15/h8-12,15,21H,1-7H2,(H2,20,22). The van der Waals surface area contributed by atoms with Crippen LogP contribution in [0.2, 0.25) is 0 Å². The van der Waals surface area contributed by atoms with Gasteiger partial charge in [0.2, 0.25) is 5.89 Å². The fraction of sp³-hybridized carbons (Fsp3) is 0.474. The fourth-order valence-corrected chi connectivity index (χ4v) is 3.58. The molecule has 1 aliphatic carbocycles. The minimum atomic E-state index is 0.395. The van der Waals surface area contributed by atoms with E-state index < -0.39 is 0 Å². The largest absolute Gasteiger partial charge is 0.421 e. The van der Waals surface area contributed by atoms with Crippen LogP contribution in [-0.2, 0) is 6.42 Å². The van der Waals surface area contributed by atoms with Crippen LogP contribution in [0.3, 0.4) is 0 Å². The van der Waals surface area contributed by atoms with E-state index in [0.717, 1.165) is 43.5 Å². The lowest BCUT2D eigenvalue weighted by atomic mass is 10.1. The Kier molecular flexibility index (Phi) is 4.12. The second-order valence-corrected chi connectivity index (χ2v) is 7.50. The predicted molar refractivity (Wildman–Crippen MR) is 101 cm³/mol. The predicted octanol–water partition coefficient (Wildman–Crippen LogP) is 2.45. The fourth-order valence-electron chi connectivity index (χ4n) is 3.58. The zero-order valence-corrected chi connectivity index (χ0v) is 15.1. The van der Waals surface area contributed by atoms with Gasteiger partial charge in [-0.3, -0.25) is 4.68 Å². The van der Waals surface area contributed by atoms with Crippen LogP contribution in [0, 0.1) is 5.92 Å². The van der Waals surface area contributed by atoms with E-state index >= 15 is 0 Å². The van der Waals surface area contributed by atoms with Gasteiger partial charge in [-0.15, -0.1) is 10.2 Å². The molecule has 140 valence electrons. The molecular formula is C19H23N7O. The van der Waals surface area contributed by atoms with Crippen LogP contribution in [0.4, 0.5) is 5.82 Å². The maximum atomic E-state index is 6.08. The Morgan fingerprint density at radius 2 is 1.96 bits per heavy atom. The summed E-state index contributed by atoms with van der Waals surface area (Å²) in [4.78, 5) is 4.34. The first-order valence-corrected chi connectivity index (χ1v) is 9.60. The van der Waals surface area contributed by atoms with Crippen LogP contribution in [-0.4, -0.2) is 38.1 Å². The SMILES string of the molecule is Nc1ncc(-c2cnn(C3CCNCC3)c2)cc1-c1nnc(CC2CC2)o1. The van der Waals surface area contributed by atoms with Crippen LogP contribution < -0.4 is 11.1 Å². The average molecular weight is 365 g/mol. The van der Waals surface area contributed by atoms with Crippen molar-refractivity contribution in [2.45, 2.75) is 38.1 Å². The second-order valence-electron chi connectivity index (χ2n) is 7.50. The summed E-state index contributed by atoms with van der Waals surface area (Å²) in [5.74, 6) is 2.20. The van der Waals surface area contributed by atoms with Crippen molar-refractivity contribution in [1.29, 1.82) is 0 Å². The summed E-state index contributed by atoms with van der Waals surface area (Å²) in [7, 11) is 0. The third-order valence-corrected chi connectivity index (χ3v) is 5.39. The van der Waals surface area contributed by atoms with E-state index in [9.17, 15) is 0 Å². The van der Waals surface area contributed by atoms with Gasteiger partial charge < -0.3 is 15.5 Å². The highest BCUT2D eigenvalue weighted by Gasteiger charge is 2.25. The van der Waals surface area contributed by atoms with Gasteiger partial charge in [0.25, 0.3) is 5.89 Å². The summed E-state index contributed by atoms with van der Waals surface area (Å²) < 4.78 is 7.88. The van der Waals surface area contributed by atoms with Gasteiger partial charge in [0.15, 0.2) is 0 Å². The Morgan fingerprint density at radius 1 is 1.11 bits per heavy atom.